The average Bonchev–Trinajstić information content (AvgIpc) is 3.44. The summed E-state index contributed by atoms with van der Waals surface area (Å²) in [7, 11) is 0. The first-order chi connectivity index (χ1) is 17.4. The second-order valence-corrected chi connectivity index (χ2v) is 11.0. The molecule has 2 N–H and O–H groups in total. The summed E-state index contributed by atoms with van der Waals surface area (Å²) >= 11 is 6.50. The van der Waals surface area contributed by atoms with Crippen LogP contribution in [0.3, 0.4) is 0 Å². The molecule has 0 bridgehead atoms. The predicted octanol–water partition coefficient (Wildman–Crippen LogP) is 7.52. The summed E-state index contributed by atoms with van der Waals surface area (Å²) in [4.78, 5) is 7.47. The van der Waals surface area contributed by atoms with Crippen LogP contribution in [0.1, 0.15) is 61.9 Å². The fraction of sp³-hybridized carbons (Fsp3) is 0.212. The highest BCUT2D eigenvalue weighted by Crippen LogP contribution is 2.38. The maximum absolute atomic E-state index is 6.50. The van der Waals surface area contributed by atoms with Gasteiger partial charge in [-0.2, -0.15) is 0 Å². The maximum Gasteiger partial charge on any atom is 0.0541 e. The zero-order valence-electron chi connectivity index (χ0n) is 21.2. The van der Waals surface area contributed by atoms with Crippen LogP contribution in [0.15, 0.2) is 66.7 Å². The first kappa shape index (κ1) is 22.9. The third kappa shape index (κ3) is 3.90. The van der Waals surface area contributed by atoms with Crippen molar-refractivity contribution in [1.29, 1.82) is 0 Å². The van der Waals surface area contributed by atoms with E-state index in [1.165, 1.54) is 43.4 Å². The fourth-order valence-corrected chi connectivity index (χ4v) is 5.65. The Kier molecular flexibility index (Phi) is 5.65. The number of fused-ring (bicyclic) bond motifs is 3. The molecular formula is C33H31ClN2. The minimum atomic E-state index is 0.412. The van der Waals surface area contributed by atoms with Gasteiger partial charge in [0.2, 0.25) is 0 Å². The Bertz CT molecular complexity index is 1830. The number of rotatable bonds is 4. The summed E-state index contributed by atoms with van der Waals surface area (Å²) in [6.07, 6.45) is 5.49. The number of hydrogen-bond donors (Lipinski definition) is 2. The lowest BCUT2D eigenvalue weighted by Crippen LogP contribution is -2.08. The van der Waals surface area contributed by atoms with E-state index in [9.17, 15) is 0 Å². The quantitative estimate of drug-likeness (QED) is 0.261. The number of hydrogen-bond acceptors (Lipinski definition) is 0. The second kappa shape index (κ2) is 8.87. The Hall–Kier alpha value is -3.49. The fourth-order valence-electron chi connectivity index (χ4n) is 5.48. The smallest absolute Gasteiger partial charge is 0.0541 e. The SMILES string of the molecule is CC(C)c1ccc(-c2[nH]c(C=c3cc4c([nH]3)=c3ccccc3=CC4)c3ccc(Cl)cc23)c(C(C)C)c1. The predicted molar refractivity (Wildman–Crippen MR) is 153 cm³/mol. The molecule has 3 aromatic carbocycles. The molecule has 0 atom stereocenters. The minimum Gasteiger partial charge on any atom is -0.355 e. The van der Waals surface area contributed by atoms with Crippen molar-refractivity contribution in [1.82, 2.24) is 9.97 Å². The molecule has 0 unspecified atom stereocenters. The topological polar surface area (TPSA) is 31.6 Å². The molecular weight excluding hydrogens is 460 g/mol. The van der Waals surface area contributed by atoms with E-state index in [4.69, 9.17) is 11.6 Å². The van der Waals surface area contributed by atoms with E-state index in [0.29, 0.717) is 11.8 Å². The summed E-state index contributed by atoms with van der Waals surface area (Å²) in [5, 5.41) is 7.99. The molecule has 2 heterocycles. The van der Waals surface area contributed by atoms with E-state index < -0.39 is 0 Å². The van der Waals surface area contributed by atoms with Gasteiger partial charge in [-0.25, -0.2) is 0 Å². The molecule has 0 amide bonds. The van der Waals surface area contributed by atoms with Gasteiger partial charge in [0.1, 0.15) is 0 Å². The van der Waals surface area contributed by atoms with Gasteiger partial charge in [-0.3, -0.25) is 0 Å². The third-order valence-corrected chi connectivity index (χ3v) is 7.66. The van der Waals surface area contributed by atoms with Crippen LogP contribution < -0.4 is 10.6 Å². The Morgan fingerprint density at radius 2 is 1.67 bits per heavy atom. The number of benzene rings is 3. The number of aromatic nitrogens is 2. The van der Waals surface area contributed by atoms with Crippen LogP contribution in [-0.4, -0.2) is 9.97 Å². The number of H-pyrrole nitrogens is 2. The van der Waals surface area contributed by atoms with Gasteiger partial charge >= 0.3 is 0 Å². The second-order valence-electron chi connectivity index (χ2n) is 10.5. The number of nitrogens with one attached hydrogen (secondary N) is 2. The first-order valence-electron chi connectivity index (χ1n) is 12.8. The van der Waals surface area contributed by atoms with Crippen molar-refractivity contribution in [3.8, 4) is 11.3 Å². The average molecular weight is 491 g/mol. The van der Waals surface area contributed by atoms with Gasteiger partial charge in [-0.05, 0) is 64.4 Å². The maximum atomic E-state index is 6.50. The molecule has 0 saturated carbocycles. The lowest BCUT2D eigenvalue weighted by atomic mass is 9.89. The van der Waals surface area contributed by atoms with Crippen molar-refractivity contribution in [2.45, 2.75) is 46.0 Å². The highest BCUT2D eigenvalue weighted by molar-refractivity contribution is 6.31. The molecule has 6 rings (SSSR count). The largest absolute Gasteiger partial charge is 0.355 e. The summed E-state index contributed by atoms with van der Waals surface area (Å²) in [5.41, 5.74) is 7.54. The molecule has 0 saturated heterocycles. The number of aromatic amines is 2. The van der Waals surface area contributed by atoms with Crippen molar-refractivity contribution in [2.24, 2.45) is 0 Å². The lowest BCUT2D eigenvalue weighted by molar-refractivity contribution is 0.835. The molecule has 2 nitrogen and oxygen atoms in total. The van der Waals surface area contributed by atoms with Gasteiger partial charge in [0.15, 0.2) is 0 Å². The van der Waals surface area contributed by atoms with Gasteiger partial charge in [-0.15, -0.1) is 0 Å². The molecule has 5 aromatic rings. The van der Waals surface area contributed by atoms with Crippen molar-refractivity contribution < 1.29 is 0 Å². The van der Waals surface area contributed by atoms with Gasteiger partial charge in [-0.1, -0.05) is 93.9 Å². The Morgan fingerprint density at radius 3 is 2.47 bits per heavy atom. The molecule has 0 aliphatic heterocycles. The van der Waals surface area contributed by atoms with E-state index in [1.807, 2.05) is 6.07 Å². The normalized spacial score (nSPS) is 13.4. The van der Waals surface area contributed by atoms with Gasteiger partial charge < -0.3 is 9.97 Å². The van der Waals surface area contributed by atoms with E-state index in [1.54, 1.807) is 0 Å². The van der Waals surface area contributed by atoms with E-state index in [-0.39, 0.29) is 0 Å². The minimum absolute atomic E-state index is 0.412. The van der Waals surface area contributed by atoms with E-state index in [0.717, 1.165) is 33.6 Å². The molecule has 180 valence electrons. The molecule has 36 heavy (non-hydrogen) atoms. The molecule has 0 spiro atoms. The molecule has 1 aliphatic carbocycles. The zero-order chi connectivity index (χ0) is 25.0. The van der Waals surface area contributed by atoms with E-state index in [2.05, 4.69) is 110 Å². The van der Waals surface area contributed by atoms with Gasteiger partial charge in [0.25, 0.3) is 0 Å². The molecule has 0 radical (unpaired) electrons. The van der Waals surface area contributed by atoms with Crippen molar-refractivity contribution >= 4 is 34.5 Å². The zero-order valence-corrected chi connectivity index (χ0v) is 22.0. The number of halogens is 1. The molecule has 3 heteroatoms. The van der Waals surface area contributed by atoms with Crippen LogP contribution >= 0.6 is 11.6 Å². The van der Waals surface area contributed by atoms with E-state index >= 15 is 0 Å². The summed E-state index contributed by atoms with van der Waals surface area (Å²) in [6, 6.07) is 24.0. The molecule has 1 aliphatic rings. The monoisotopic (exact) mass is 490 g/mol. The van der Waals surface area contributed by atoms with Crippen LogP contribution in [0.4, 0.5) is 0 Å². The van der Waals surface area contributed by atoms with Gasteiger partial charge in [0.05, 0.1) is 5.69 Å². The lowest BCUT2D eigenvalue weighted by Gasteiger charge is -2.16. The van der Waals surface area contributed by atoms with Crippen LogP contribution in [0.5, 0.6) is 0 Å². The van der Waals surface area contributed by atoms with Crippen LogP contribution in [0.2, 0.25) is 5.02 Å². The van der Waals surface area contributed by atoms with Crippen molar-refractivity contribution in [3.05, 3.63) is 115 Å². The molecule has 2 aromatic heterocycles. The molecule has 0 fully saturated rings. The Labute approximate surface area is 216 Å². The highest BCUT2D eigenvalue weighted by Gasteiger charge is 2.17. The highest BCUT2D eigenvalue weighted by atomic mass is 35.5. The summed E-state index contributed by atoms with van der Waals surface area (Å²) in [5.74, 6) is 0.909. The third-order valence-electron chi connectivity index (χ3n) is 7.43. The standard InChI is InChI=1S/C33H31ClN2/c1-19(2)22-11-13-28(29(16-22)20(3)4)33-30-17-24(34)12-14-27(30)31(36-33)18-25-15-23-10-9-21-7-5-6-8-26(21)32(23)35-25/h5-9,11-20,35-36H,10H2,1-4H3. The Balaban J connectivity index is 1.59. The van der Waals surface area contributed by atoms with Crippen LogP contribution in [0.25, 0.3) is 34.2 Å². The summed E-state index contributed by atoms with van der Waals surface area (Å²) in [6.45, 7) is 9.04. The first-order valence-corrected chi connectivity index (χ1v) is 13.2. The van der Waals surface area contributed by atoms with Crippen LogP contribution in [-0.2, 0) is 6.42 Å². The van der Waals surface area contributed by atoms with Crippen molar-refractivity contribution in [2.75, 3.05) is 0 Å². The Morgan fingerprint density at radius 1 is 0.833 bits per heavy atom. The van der Waals surface area contributed by atoms with Crippen molar-refractivity contribution in [3.63, 3.8) is 0 Å². The van der Waals surface area contributed by atoms with Gasteiger partial charge in [0, 0.05) is 43.0 Å². The van der Waals surface area contributed by atoms with Crippen LogP contribution in [0, 0.1) is 10.6 Å². The summed E-state index contributed by atoms with van der Waals surface area (Å²) < 4.78 is 0.